The maximum atomic E-state index is 12.6. The van der Waals surface area contributed by atoms with E-state index in [9.17, 15) is 4.79 Å². The lowest BCUT2D eigenvalue weighted by Gasteiger charge is -2.42. The number of carbonyl (C=O) groups excluding carboxylic acids is 1. The van der Waals surface area contributed by atoms with Gasteiger partial charge in [-0.2, -0.15) is 5.26 Å². The molecule has 0 aromatic heterocycles. The summed E-state index contributed by atoms with van der Waals surface area (Å²) < 4.78 is 18.0. The zero-order valence-electron chi connectivity index (χ0n) is 21.3. The Kier molecular flexibility index (Phi) is 8.09. The van der Waals surface area contributed by atoms with Gasteiger partial charge in [-0.1, -0.05) is 30.7 Å². The van der Waals surface area contributed by atoms with Crippen LogP contribution in [0.15, 0.2) is 72.8 Å². The van der Waals surface area contributed by atoms with Crippen molar-refractivity contribution in [1.82, 2.24) is 0 Å². The molecule has 1 saturated heterocycles. The van der Waals surface area contributed by atoms with E-state index in [4.69, 9.17) is 18.9 Å². The molecule has 0 atom stereocenters. The molecule has 3 aromatic rings. The first kappa shape index (κ1) is 25.9. The monoisotopic (exact) mass is 515 g/mol. The molecule has 1 fully saturated rings. The summed E-state index contributed by atoms with van der Waals surface area (Å²) in [4.78, 5) is 12.6. The minimum absolute atomic E-state index is 0.411. The molecule has 1 aliphatic rings. The third kappa shape index (κ3) is 6.94. The summed E-state index contributed by atoms with van der Waals surface area (Å²) in [6.45, 7) is 7.67. The molecule has 1 heterocycles. The van der Waals surface area contributed by atoms with E-state index in [1.54, 1.807) is 36.4 Å². The molecule has 0 unspecified atom stereocenters. The number of esters is 1. The second-order valence-corrected chi connectivity index (χ2v) is 19.0. The van der Waals surface area contributed by atoms with Gasteiger partial charge in [-0.15, -0.1) is 0 Å². The van der Waals surface area contributed by atoms with Gasteiger partial charge in [0.2, 0.25) is 0 Å². The molecule has 0 amide bonds. The van der Waals surface area contributed by atoms with E-state index in [0.29, 0.717) is 23.5 Å². The molecule has 0 spiro atoms. The minimum atomic E-state index is -1.63. The van der Waals surface area contributed by atoms with Gasteiger partial charge in [0.15, 0.2) is 16.6 Å². The van der Waals surface area contributed by atoms with Crippen LogP contribution in [0.1, 0.15) is 28.8 Å². The molecule has 4 rings (SSSR count). The highest BCUT2D eigenvalue weighted by Gasteiger charge is 2.41. The van der Waals surface area contributed by atoms with Crippen LogP contribution in [-0.4, -0.2) is 29.2 Å². The highest BCUT2D eigenvalue weighted by molar-refractivity contribution is 6.86. The maximum absolute atomic E-state index is 12.6. The van der Waals surface area contributed by atoms with Crippen molar-refractivity contribution >= 4 is 22.6 Å². The van der Waals surface area contributed by atoms with Crippen molar-refractivity contribution in [2.45, 2.75) is 50.6 Å². The normalized spacial score (nSPS) is 14.4. The Hall–Kier alpha value is -3.19. The third-order valence-electron chi connectivity index (χ3n) is 6.63. The maximum Gasteiger partial charge on any atom is 0.343 e. The smallest absolute Gasteiger partial charge is 0.343 e. The molecule has 0 bridgehead atoms. The van der Waals surface area contributed by atoms with Gasteiger partial charge in [-0.3, -0.25) is 0 Å². The first-order chi connectivity index (χ1) is 17.3. The van der Waals surface area contributed by atoms with Gasteiger partial charge in [0.1, 0.15) is 11.5 Å². The molecular weight excluding hydrogens is 482 g/mol. The Morgan fingerprint density at radius 1 is 0.917 bits per heavy atom. The number of nitriles is 1. The molecule has 0 saturated carbocycles. The van der Waals surface area contributed by atoms with Crippen LogP contribution in [0, 0.1) is 11.3 Å². The van der Waals surface area contributed by atoms with Crippen LogP contribution in [0.5, 0.6) is 11.5 Å². The van der Waals surface area contributed by atoms with Gasteiger partial charge in [0.05, 0.1) is 23.8 Å². The number of benzene rings is 3. The first-order valence-electron chi connectivity index (χ1n) is 12.5. The SMILES string of the molecule is C[Si](C)(CCCOc1ccc(C(=O)Oc2ccc(-c3ccc(C#N)cc3)cc2)cc1)O[Si]1(C)CCC1. The number of rotatable bonds is 10. The van der Waals surface area contributed by atoms with E-state index in [2.05, 4.69) is 25.7 Å². The average Bonchev–Trinajstić information content (AvgIpc) is 2.86. The van der Waals surface area contributed by atoms with E-state index in [1.807, 2.05) is 36.4 Å². The number of ether oxygens (including phenoxy) is 2. The molecular formula is C29H33NO4Si2. The molecule has 1 aliphatic heterocycles. The second-order valence-electron chi connectivity index (χ2n) is 10.2. The largest absolute Gasteiger partial charge is 0.494 e. The predicted octanol–water partition coefficient (Wildman–Crippen LogP) is 7.41. The highest BCUT2D eigenvalue weighted by Crippen LogP contribution is 2.36. The van der Waals surface area contributed by atoms with Crippen molar-refractivity contribution in [2.75, 3.05) is 6.61 Å². The number of hydrogen-bond donors (Lipinski definition) is 0. The van der Waals surface area contributed by atoms with Crippen LogP contribution in [0.25, 0.3) is 11.1 Å². The fraction of sp³-hybridized carbons (Fsp3) is 0.310. The summed E-state index contributed by atoms with van der Waals surface area (Å²) in [6, 6.07) is 27.6. The van der Waals surface area contributed by atoms with Crippen molar-refractivity contribution in [2.24, 2.45) is 0 Å². The van der Waals surface area contributed by atoms with Crippen LogP contribution >= 0.6 is 0 Å². The molecule has 0 N–H and O–H groups in total. The highest BCUT2D eigenvalue weighted by atomic mass is 28.4. The van der Waals surface area contributed by atoms with E-state index in [-0.39, 0.29) is 0 Å². The van der Waals surface area contributed by atoms with Crippen molar-refractivity contribution < 1.29 is 18.4 Å². The van der Waals surface area contributed by atoms with E-state index in [1.165, 1.54) is 18.5 Å². The van der Waals surface area contributed by atoms with Crippen molar-refractivity contribution in [1.29, 1.82) is 5.26 Å². The van der Waals surface area contributed by atoms with Crippen molar-refractivity contribution in [3.05, 3.63) is 83.9 Å². The number of carbonyl (C=O) groups is 1. The van der Waals surface area contributed by atoms with Gasteiger partial charge in [0.25, 0.3) is 0 Å². The quantitative estimate of drug-likeness (QED) is 0.122. The molecule has 0 radical (unpaired) electrons. The number of hydrogen-bond acceptors (Lipinski definition) is 5. The fourth-order valence-electron chi connectivity index (χ4n) is 4.49. The summed E-state index contributed by atoms with van der Waals surface area (Å²) in [7, 11) is -2.98. The fourth-order valence-corrected chi connectivity index (χ4v) is 13.4. The molecule has 3 aromatic carbocycles. The summed E-state index contributed by atoms with van der Waals surface area (Å²) in [5, 5.41) is 8.94. The van der Waals surface area contributed by atoms with Crippen LogP contribution in [0.3, 0.4) is 0 Å². The van der Waals surface area contributed by atoms with Crippen LogP contribution in [-0.2, 0) is 4.12 Å². The van der Waals surface area contributed by atoms with Gasteiger partial charge in [0, 0.05) is 0 Å². The minimum Gasteiger partial charge on any atom is -0.494 e. The third-order valence-corrected chi connectivity index (χ3v) is 15.2. The van der Waals surface area contributed by atoms with Crippen LogP contribution in [0.2, 0.25) is 37.8 Å². The summed E-state index contributed by atoms with van der Waals surface area (Å²) in [6.07, 6.45) is 2.32. The van der Waals surface area contributed by atoms with E-state index in [0.717, 1.165) is 29.3 Å². The van der Waals surface area contributed by atoms with Crippen LogP contribution in [0.4, 0.5) is 0 Å². The van der Waals surface area contributed by atoms with Gasteiger partial charge < -0.3 is 13.6 Å². The Labute approximate surface area is 215 Å². The molecule has 5 nitrogen and oxygen atoms in total. The van der Waals surface area contributed by atoms with Crippen molar-refractivity contribution in [3.8, 4) is 28.7 Å². The lowest BCUT2D eigenvalue weighted by atomic mass is 10.0. The first-order valence-corrected chi connectivity index (χ1v) is 18.4. The standard InChI is InChI=1S/C29H33NO4Si2/c1-35(2,34-36(3)20-5-21-36)19-4-18-32-27-14-12-26(13-15-27)29(31)33-28-16-10-25(11-17-28)24-8-6-23(22-30)7-9-24/h6-17H,4-5,18-21H2,1-3H3. The lowest BCUT2D eigenvalue weighted by Crippen LogP contribution is -2.50. The molecule has 186 valence electrons. The topological polar surface area (TPSA) is 68.5 Å². The Morgan fingerprint density at radius 2 is 1.50 bits per heavy atom. The predicted molar refractivity (Wildman–Crippen MR) is 147 cm³/mol. The summed E-state index contributed by atoms with van der Waals surface area (Å²) in [5.74, 6) is 0.816. The lowest BCUT2D eigenvalue weighted by molar-refractivity contribution is 0.0734. The van der Waals surface area contributed by atoms with E-state index >= 15 is 0 Å². The van der Waals surface area contributed by atoms with Crippen molar-refractivity contribution in [3.63, 3.8) is 0 Å². The average molecular weight is 516 g/mol. The zero-order chi connectivity index (χ0) is 25.6. The molecule has 0 aliphatic carbocycles. The molecule has 36 heavy (non-hydrogen) atoms. The molecule has 7 heteroatoms. The Morgan fingerprint density at radius 3 is 2.06 bits per heavy atom. The Balaban J connectivity index is 1.23. The van der Waals surface area contributed by atoms with Gasteiger partial charge in [-0.05, 0) is 104 Å². The zero-order valence-corrected chi connectivity index (χ0v) is 23.3. The van der Waals surface area contributed by atoms with E-state index < -0.39 is 22.6 Å². The van der Waals surface area contributed by atoms with Gasteiger partial charge >= 0.3 is 5.97 Å². The van der Waals surface area contributed by atoms with Crippen LogP contribution < -0.4 is 9.47 Å². The number of nitrogens with zero attached hydrogens (tertiary/aromatic N) is 1. The van der Waals surface area contributed by atoms with Gasteiger partial charge in [-0.25, -0.2) is 4.79 Å². The Bertz CT molecular complexity index is 1210. The second kappa shape index (κ2) is 11.3. The summed E-state index contributed by atoms with van der Waals surface area (Å²) in [5.41, 5.74) is 3.07. The summed E-state index contributed by atoms with van der Waals surface area (Å²) >= 11 is 0.